The maximum absolute atomic E-state index is 11.5. The Bertz CT molecular complexity index is 412. The van der Waals surface area contributed by atoms with Crippen LogP contribution < -0.4 is 0 Å². The third-order valence-electron chi connectivity index (χ3n) is 2.84. The van der Waals surface area contributed by atoms with Crippen LogP contribution in [0.2, 0.25) is 0 Å². The summed E-state index contributed by atoms with van der Waals surface area (Å²) in [4.78, 5) is 11.5. The number of carbonyl (C=O) groups is 1. The van der Waals surface area contributed by atoms with Crippen LogP contribution >= 0.6 is 0 Å². The molecule has 0 radical (unpaired) electrons. The van der Waals surface area contributed by atoms with Crippen LogP contribution in [0.5, 0.6) is 0 Å². The number of rotatable bonds is 2. The van der Waals surface area contributed by atoms with E-state index >= 15 is 0 Å². The Morgan fingerprint density at radius 3 is 2.50 bits per heavy atom. The van der Waals surface area contributed by atoms with Crippen molar-refractivity contribution in [1.82, 2.24) is 0 Å². The van der Waals surface area contributed by atoms with Gasteiger partial charge < -0.3 is 0 Å². The zero-order chi connectivity index (χ0) is 11.2. The van der Waals surface area contributed by atoms with Crippen molar-refractivity contribution in [2.45, 2.75) is 25.7 Å². The van der Waals surface area contributed by atoms with Gasteiger partial charge in [0.05, 0.1) is 0 Å². The first-order valence-electron chi connectivity index (χ1n) is 5.82. The number of carbonyl (C=O) groups excluding carboxylic acids is 1. The second kappa shape index (κ2) is 5.45. The molecule has 1 aromatic carbocycles. The van der Waals surface area contributed by atoms with Crippen LogP contribution in [-0.2, 0) is 4.79 Å². The summed E-state index contributed by atoms with van der Waals surface area (Å²) in [5.41, 5.74) is 2.15. The van der Waals surface area contributed by atoms with E-state index in [9.17, 15) is 4.79 Å². The first-order valence-corrected chi connectivity index (χ1v) is 5.82. The Morgan fingerprint density at radius 2 is 1.75 bits per heavy atom. The van der Waals surface area contributed by atoms with Gasteiger partial charge in [-0.15, -0.1) is 0 Å². The summed E-state index contributed by atoms with van der Waals surface area (Å²) in [6, 6.07) is 10.1. The van der Waals surface area contributed by atoms with Crippen LogP contribution in [0.3, 0.4) is 0 Å². The highest BCUT2D eigenvalue weighted by Crippen LogP contribution is 2.19. The van der Waals surface area contributed by atoms with Crippen molar-refractivity contribution in [3.05, 3.63) is 53.6 Å². The van der Waals surface area contributed by atoms with E-state index in [1.54, 1.807) is 0 Å². The second-order valence-corrected chi connectivity index (χ2v) is 4.09. The first-order chi connectivity index (χ1) is 7.86. The fraction of sp³-hybridized carbons (Fsp3) is 0.267. The third kappa shape index (κ3) is 2.93. The third-order valence-corrected chi connectivity index (χ3v) is 2.84. The molecule has 0 saturated heterocycles. The molecule has 0 aromatic heterocycles. The fourth-order valence-electron chi connectivity index (χ4n) is 1.92. The van der Waals surface area contributed by atoms with E-state index in [1.807, 2.05) is 36.4 Å². The lowest BCUT2D eigenvalue weighted by Gasteiger charge is -2.11. The standard InChI is InChI=1S/C15H16O/c16-15-12-5-4-10-14(15)11-6-9-13-7-2-1-3-8-13/h1-3,6-9,11H,4-5,10,12H2/b9-6-,14-11+. The number of Topliss-reactive ketones (excluding diaryl/α,β-unsaturated/α-hetero) is 1. The van der Waals surface area contributed by atoms with Crippen molar-refractivity contribution in [3.8, 4) is 0 Å². The van der Waals surface area contributed by atoms with E-state index < -0.39 is 0 Å². The Kier molecular flexibility index (Phi) is 3.71. The Hall–Kier alpha value is -1.63. The van der Waals surface area contributed by atoms with Crippen molar-refractivity contribution >= 4 is 11.9 Å². The predicted octanol–water partition coefficient (Wildman–Crippen LogP) is 3.77. The van der Waals surface area contributed by atoms with Gasteiger partial charge >= 0.3 is 0 Å². The van der Waals surface area contributed by atoms with Gasteiger partial charge in [0, 0.05) is 6.42 Å². The van der Waals surface area contributed by atoms with Crippen molar-refractivity contribution in [2.75, 3.05) is 0 Å². The van der Waals surface area contributed by atoms with Crippen LogP contribution in [-0.4, -0.2) is 5.78 Å². The number of benzene rings is 1. The molecule has 2 rings (SSSR count). The average Bonchev–Trinajstić information content (AvgIpc) is 2.33. The monoisotopic (exact) mass is 212 g/mol. The molecule has 1 heteroatoms. The molecule has 1 saturated carbocycles. The summed E-state index contributed by atoms with van der Waals surface area (Å²) in [6.07, 6.45) is 9.86. The molecule has 0 aliphatic heterocycles. The zero-order valence-electron chi connectivity index (χ0n) is 9.36. The predicted molar refractivity (Wildman–Crippen MR) is 67.0 cm³/mol. The lowest BCUT2D eigenvalue weighted by Crippen LogP contribution is -2.07. The minimum absolute atomic E-state index is 0.323. The van der Waals surface area contributed by atoms with Crippen LogP contribution in [0.25, 0.3) is 6.08 Å². The molecular weight excluding hydrogens is 196 g/mol. The lowest BCUT2D eigenvalue weighted by molar-refractivity contribution is -0.116. The minimum atomic E-state index is 0.323. The van der Waals surface area contributed by atoms with Gasteiger partial charge in [-0.3, -0.25) is 4.79 Å². The quantitative estimate of drug-likeness (QED) is 0.682. The summed E-state index contributed by atoms with van der Waals surface area (Å²) in [7, 11) is 0. The van der Waals surface area contributed by atoms with E-state index in [-0.39, 0.29) is 0 Å². The van der Waals surface area contributed by atoms with E-state index in [0.29, 0.717) is 5.78 Å². The Morgan fingerprint density at radius 1 is 1.00 bits per heavy atom. The molecule has 16 heavy (non-hydrogen) atoms. The maximum atomic E-state index is 11.5. The van der Waals surface area contributed by atoms with Gasteiger partial charge in [0.1, 0.15) is 0 Å². The molecule has 0 N–H and O–H groups in total. The number of hydrogen-bond donors (Lipinski definition) is 0. The fourth-order valence-corrected chi connectivity index (χ4v) is 1.92. The molecule has 0 atom stereocenters. The maximum Gasteiger partial charge on any atom is 0.158 e. The van der Waals surface area contributed by atoms with E-state index in [1.165, 1.54) is 5.56 Å². The molecule has 0 unspecified atom stereocenters. The molecule has 82 valence electrons. The van der Waals surface area contributed by atoms with Crippen LogP contribution in [0, 0.1) is 0 Å². The number of hydrogen-bond acceptors (Lipinski definition) is 1. The molecular formula is C15H16O. The molecule has 1 nitrogen and oxygen atoms in total. The normalized spacial score (nSPS) is 19.5. The smallest absolute Gasteiger partial charge is 0.158 e. The van der Waals surface area contributed by atoms with Gasteiger partial charge in [0.25, 0.3) is 0 Å². The van der Waals surface area contributed by atoms with Crippen LogP contribution in [0.15, 0.2) is 48.1 Å². The Balaban J connectivity index is 2.02. The van der Waals surface area contributed by atoms with Gasteiger partial charge in [-0.05, 0) is 30.4 Å². The lowest BCUT2D eigenvalue weighted by atomic mass is 9.93. The molecule has 0 spiro atoms. The summed E-state index contributed by atoms with van der Waals surface area (Å²) >= 11 is 0. The van der Waals surface area contributed by atoms with Crippen molar-refractivity contribution in [2.24, 2.45) is 0 Å². The highest BCUT2D eigenvalue weighted by atomic mass is 16.1. The van der Waals surface area contributed by atoms with Crippen molar-refractivity contribution in [1.29, 1.82) is 0 Å². The first kappa shape index (κ1) is 10.9. The van der Waals surface area contributed by atoms with E-state index in [2.05, 4.69) is 12.1 Å². The minimum Gasteiger partial charge on any atom is -0.295 e. The topological polar surface area (TPSA) is 17.1 Å². The Labute approximate surface area is 96.5 Å². The molecule has 1 aliphatic carbocycles. The van der Waals surface area contributed by atoms with E-state index in [0.717, 1.165) is 31.3 Å². The second-order valence-electron chi connectivity index (χ2n) is 4.09. The largest absolute Gasteiger partial charge is 0.295 e. The molecule has 0 bridgehead atoms. The SMILES string of the molecule is O=C1CCCC/C1=C\C=C/c1ccccc1. The molecule has 0 amide bonds. The summed E-state index contributed by atoms with van der Waals surface area (Å²) in [5, 5.41) is 0. The summed E-state index contributed by atoms with van der Waals surface area (Å²) in [6.45, 7) is 0. The summed E-state index contributed by atoms with van der Waals surface area (Å²) in [5.74, 6) is 0.323. The van der Waals surface area contributed by atoms with Gasteiger partial charge in [-0.2, -0.15) is 0 Å². The van der Waals surface area contributed by atoms with E-state index in [4.69, 9.17) is 0 Å². The van der Waals surface area contributed by atoms with Crippen LogP contribution in [0.4, 0.5) is 0 Å². The highest BCUT2D eigenvalue weighted by Gasteiger charge is 2.13. The van der Waals surface area contributed by atoms with Crippen molar-refractivity contribution in [3.63, 3.8) is 0 Å². The van der Waals surface area contributed by atoms with Crippen molar-refractivity contribution < 1.29 is 4.79 Å². The molecule has 1 fully saturated rings. The zero-order valence-corrected chi connectivity index (χ0v) is 9.36. The average molecular weight is 212 g/mol. The molecule has 0 heterocycles. The van der Waals surface area contributed by atoms with Crippen LogP contribution in [0.1, 0.15) is 31.2 Å². The van der Waals surface area contributed by atoms with Gasteiger partial charge in [-0.1, -0.05) is 48.6 Å². The molecule has 1 aromatic rings. The van der Waals surface area contributed by atoms with Gasteiger partial charge in [0.15, 0.2) is 5.78 Å². The molecule has 1 aliphatic rings. The van der Waals surface area contributed by atoms with Gasteiger partial charge in [-0.25, -0.2) is 0 Å². The number of ketones is 1. The highest BCUT2D eigenvalue weighted by molar-refractivity contribution is 5.96. The van der Waals surface area contributed by atoms with Gasteiger partial charge in [0.2, 0.25) is 0 Å². The number of allylic oxidation sites excluding steroid dienone is 3. The summed E-state index contributed by atoms with van der Waals surface area (Å²) < 4.78 is 0.